The molecule has 1 atom stereocenters. The number of phenolic OH excluding ortho intramolecular Hbond substituents is 1. The summed E-state index contributed by atoms with van der Waals surface area (Å²) in [5.74, 6) is -1.77. The van der Waals surface area contributed by atoms with E-state index in [1.807, 2.05) is 25.1 Å². The van der Waals surface area contributed by atoms with E-state index in [-0.39, 0.29) is 11.3 Å². The number of phenols is 1. The van der Waals surface area contributed by atoms with Gasteiger partial charge in [-0.25, -0.2) is 4.79 Å². The van der Waals surface area contributed by atoms with Gasteiger partial charge in [0.25, 0.3) is 5.91 Å². The van der Waals surface area contributed by atoms with Crippen LogP contribution in [-0.2, 0) is 20.7 Å². The molecule has 150 valence electrons. The minimum Gasteiger partial charge on any atom is -0.507 e. The number of nitrogens with zero attached hydrogens (tertiary/aromatic N) is 1. The van der Waals surface area contributed by atoms with Crippen LogP contribution in [-0.4, -0.2) is 41.4 Å². The summed E-state index contributed by atoms with van der Waals surface area (Å²) in [7, 11) is 1.28. The van der Waals surface area contributed by atoms with Gasteiger partial charge < -0.3 is 20.1 Å². The van der Waals surface area contributed by atoms with Crippen molar-refractivity contribution in [2.45, 2.75) is 19.4 Å². The number of hydrogen-bond donors (Lipinski definition) is 2. The molecular weight excluding hydrogens is 372 g/mol. The molecule has 1 aliphatic heterocycles. The number of esters is 1. The molecule has 0 spiro atoms. The third-order valence-electron chi connectivity index (χ3n) is 5.02. The monoisotopic (exact) mass is 394 g/mol. The Hall–Kier alpha value is -3.61. The van der Waals surface area contributed by atoms with Gasteiger partial charge >= 0.3 is 5.97 Å². The zero-order valence-electron chi connectivity index (χ0n) is 16.3. The van der Waals surface area contributed by atoms with Crippen LogP contribution in [0.15, 0.2) is 49.1 Å². The second kappa shape index (κ2) is 8.18. The van der Waals surface area contributed by atoms with Gasteiger partial charge in [0.1, 0.15) is 5.75 Å². The quantitative estimate of drug-likeness (QED) is 0.472. The average Bonchev–Trinajstić information content (AvgIpc) is 2.73. The molecule has 29 heavy (non-hydrogen) atoms. The fourth-order valence-electron chi connectivity index (χ4n) is 3.57. The Bertz CT molecular complexity index is 999. The number of benzene rings is 2. The average molecular weight is 394 g/mol. The summed E-state index contributed by atoms with van der Waals surface area (Å²) in [5.41, 5.74) is 3.09. The third kappa shape index (κ3) is 3.85. The van der Waals surface area contributed by atoms with Crippen LogP contribution < -0.4 is 5.32 Å². The van der Waals surface area contributed by atoms with Crippen LogP contribution >= 0.6 is 0 Å². The maximum Gasteiger partial charge on any atom is 0.333 e. The molecule has 0 saturated heterocycles. The van der Waals surface area contributed by atoms with E-state index in [1.165, 1.54) is 30.2 Å². The summed E-state index contributed by atoms with van der Waals surface area (Å²) < 4.78 is 4.96. The Labute approximate surface area is 168 Å². The number of carbonyl (C=O) groups excluding carboxylic acids is 3. The minimum absolute atomic E-state index is 0.0168. The Morgan fingerprint density at radius 3 is 2.72 bits per heavy atom. The van der Waals surface area contributed by atoms with Crippen molar-refractivity contribution in [1.29, 1.82) is 0 Å². The molecule has 2 aromatic carbocycles. The van der Waals surface area contributed by atoms with Crippen LogP contribution in [0.3, 0.4) is 0 Å². The SMILES string of the molecule is C=CC(=O)Nc1ccc(O)c(C(=O)N2CCc3c(C)cccc3C2C(=O)OC)c1. The van der Waals surface area contributed by atoms with Crippen LogP contribution in [0.2, 0.25) is 0 Å². The number of aryl methyl sites for hydroxylation is 1. The second-order valence-corrected chi connectivity index (χ2v) is 6.74. The van der Waals surface area contributed by atoms with Gasteiger partial charge in [0.05, 0.1) is 12.7 Å². The van der Waals surface area contributed by atoms with Crippen LogP contribution in [0.5, 0.6) is 5.75 Å². The summed E-state index contributed by atoms with van der Waals surface area (Å²) in [6.45, 7) is 5.64. The number of rotatable bonds is 4. The normalized spacial score (nSPS) is 15.2. The van der Waals surface area contributed by atoms with E-state index in [0.29, 0.717) is 24.2 Å². The fraction of sp³-hybridized carbons (Fsp3) is 0.227. The van der Waals surface area contributed by atoms with E-state index >= 15 is 0 Å². The number of anilines is 1. The number of methoxy groups -OCH3 is 1. The van der Waals surface area contributed by atoms with E-state index in [1.54, 1.807) is 0 Å². The number of nitrogens with one attached hydrogen (secondary N) is 1. The van der Waals surface area contributed by atoms with Crippen LogP contribution in [0.4, 0.5) is 5.69 Å². The molecule has 2 aromatic rings. The lowest BCUT2D eigenvalue weighted by Gasteiger charge is -2.36. The number of ether oxygens (including phenoxy) is 1. The first kappa shape index (κ1) is 20.1. The maximum atomic E-state index is 13.3. The van der Waals surface area contributed by atoms with Crippen molar-refractivity contribution in [3.05, 3.63) is 71.3 Å². The van der Waals surface area contributed by atoms with Crippen LogP contribution in [0, 0.1) is 6.92 Å². The summed E-state index contributed by atoms with van der Waals surface area (Å²) in [5, 5.41) is 12.8. The minimum atomic E-state index is -0.915. The zero-order chi connectivity index (χ0) is 21.1. The highest BCUT2D eigenvalue weighted by atomic mass is 16.5. The van der Waals surface area contributed by atoms with E-state index < -0.39 is 23.8 Å². The van der Waals surface area contributed by atoms with E-state index in [2.05, 4.69) is 11.9 Å². The highest BCUT2D eigenvalue weighted by molar-refractivity contribution is 6.03. The lowest BCUT2D eigenvalue weighted by molar-refractivity contribution is -0.146. The van der Waals surface area contributed by atoms with Crippen molar-refractivity contribution in [3.63, 3.8) is 0 Å². The predicted molar refractivity (Wildman–Crippen MR) is 108 cm³/mol. The van der Waals surface area contributed by atoms with Gasteiger partial charge in [-0.3, -0.25) is 9.59 Å². The van der Waals surface area contributed by atoms with Gasteiger partial charge in [0.15, 0.2) is 6.04 Å². The van der Waals surface area contributed by atoms with Gasteiger partial charge in [0.2, 0.25) is 5.91 Å². The summed E-state index contributed by atoms with van der Waals surface area (Å²) in [6, 6.07) is 8.86. The Balaban J connectivity index is 2.02. The van der Waals surface area contributed by atoms with Gasteiger partial charge in [-0.1, -0.05) is 24.8 Å². The maximum absolute atomic E-state index is 13.3. The first-order chi connectivity index (χ1) is 13.9. The van der Waals surface area contributed by atoms with Gasteiger partial charge in [-0.05, 0) is 54.3 Å². The second-order valence-electron chi connectivity index (χ2n) is 6.74. The highest BCUT2D eigenvalue weighted by Gasteiger charge is 2.38. The molecule has 0 aliphatic carbocycles. The Kier molecular flexibility index (Phi) is 5.68. The smallest absolute Gasteiger partial charge is 0.333 e. The number of carbonyl (C=O) groups is 3. The zero-order valence-corrected chi connectivity index (χ0v) is 16.3. The van der Waals surface area contributed by atoms with E-state index in [0.717, 1.165) is 17.2 Å². The summed E-state index contributed by atoms with van der Waals surface area (Å²) >= 11 is 0. The molecule has 1 unspecified atom stereocenters. The van der Waals surface area contributed by atoms with Crippen LogP contribution in [0.25, 0.3) is 0 Å². The number of hydrogen-bond acceptors (Lipinski definition) is 5. The molecule has 0 radical (unpaired) electrons. The largest absolute Gasteiger partial charge is 0.507 e. The van der Waals surface area contributed by atoms with Crippen molar-refractivity contribution in [3.8, 4) is 5.75 Å². The summed E-state index contributed by atoms with van der Waals surface area (Å²) in [6.07, 6.45) is 1.68. The highest BCUT2D eigenvalue weighted by Crippen LogP contribution is 2.35. The summed E-state index contributed by atoms with van der Waals surface area (Å²) in [4.78, 5) is 38.8. The van der Waals surface area contributed by atoms with Gasteiger partial charge in [-0.15, -0.1) is 0 Å². The third-order valence-corrected chi connectivity index (χ3v) is 5.02. The topological polar surface area (TPSA) is 95.9 Å². The number of aromatic hydroxyl groups is 1. The molecule has 2 amide bonds. The van der Waals surface area contributed by atoms with E-state index in [9.17, 15) is 19.5 Å². The van der Waals surface area contributed by atoms with Crippen molar-refractivity contribution >= 4 is 23.5 Å². The lowest BCUT2D eigenvalue weighted by Crippen LogP contribution is -2.44. The van der Waals surface area contributed by atoms with Gasteiger partial charge in [-0.2, -0.15) is 0 Å². The Morgan fingerprint density at radius 2 is 2.03 bits per heavy atom. The van der Waals surface area contributed by atoms with Gasteiger partial charge in [0, 0.05) is 12.2 Å². The molecule has 3 rings (SSSR count). The molecule has 0 aromatic heterocycles. The van der Waals surface area contributed by atoms with Crippen molar-refractivity contribution in [2.24, 2.45) is 0 Å². The van der Waals surface area contributed by atoms with Crippen molar-refractivity contribution < 1.29 is 24.2 Å². The molecule has 7 nitrogen and oxygen atoms in total. The molecule has 0 fully saturated rings. The molecule has 7 heteroatoms. The van der Waals surface area contributed by atoms with Crippen LogP contribution in [0.1, 0.15) is 33.1 Å². The van der Waals surface area contributed by atoms with Crippen molar-refractivity contribution in [2.75, 3.05) is 19.0 Å². The molecule has 1 heterocycles. The van der Waals surface area contributed by atoms with E-state index in [4.69, 9.17) is 4.74 Å². The first-order valence-corrected chi connectivity index (χ1v) is 9.11. The molecule has 0 bridgehead atoms. The predicted octanol–water partition coefficient (Wildman–Crippen LogP) is 2.74. The van der Waals surface area contributed by atoms with Crippen molar-refractivity contribution in [1.82, 2.24) is 4.90 Å². The Morgan fingerprint density at radius 1 is 1.28 bits per heavy atom. The molecular formula is C22H22N2O5. The number of fused-ring (bicyclic) bond motifs is 1. The first-order valence-electron chi connectivity index (χ1n) is 9.11. The molecule has 2 N–H and O–H groups in total. The number of amides is 2. The molecule has 1 aliphatic rings. The standard InChI is InChI=1S/C22H22N2O5/c1-4-19(26)23-14-8-9-18(25)17(12-14)21(27)24-11-10-15-13(2)6-5-7-16(15)20(24)22(28)29-3/h4-9,12,20,25H,1,10-11H2,2-3H3,(H,23,26). The fourth-order valence-corrected chi connectivity index (χ4v) is 3.57. The molecule has 0 saturated carbocycles. The lowest BCUT2D eigenvalue weighted by atomic mass is 9.89.